The van der Waals surface area contributed by atoms with Crippen molar-refractivity contribution >= 4 is 12.7 Å². The van der Waals surface area contributed by atoms with E-state index >= 15 is 0 Å². The van der Waals surface area contributed by atoms with E-state index in [0.717, 1.165) is 56.7 Å². The largest absolute Gasteiger partial charge is 0.347 e. The zero-order valence-electron chi connectivity index (χ0n) is 20.1. The predicted molar refractivity (Wildman–Crippen MR) is 126 cm³/mol. The fourth-order valence-electron chi connectivity index (χ4n) is 6.36. The molecule has 188 valence electrons. The monoisotopic (exact) mass is 492 g/mol. The zero-order valence-corrected chi connectivity index (χ0v) is 21.0. The highest BCUT2D eigenvalue weighted by molar-refractivity contribution is 7.66. The van der Waals surface area contributed by atoms with E-state index in [1.54, 1.807) is 0 Å². The summed E-state index contributed by atoms with van der Waals surface area (Å²) < 4.78 is 52.9. The summed E-state index contributed by atoms with van der Waals surface area (Å²) in [5.41, 5.74) is 0. The fraction of sp³-hybridized carbons (Fsp3) is 0.769. The summed E-state index contributed by atoms with van der Waals surface area (Å²) in [5.74, 6) is -1.13. The third-order valence-corrected chi connectivity index (χ3v) is 10.7. The van der Waals surface area contributed by atoms with Crippen molar-refractivity contribution in [2.75, 3.05) is 12.8 Å². The molecule has 0 aromatic heterocycles. The molecule has 6 rings (SSSR count). The van der Waals surface area contributed by atoms with Gasteiger partial charge in [-0.3, -0.25) is 4.57 Å². The van der Waals surface area contributed by atoms with Crippen LogP contribution in [-0.4, -0.2) is 55.0 Å². The van der Waals surface area contributed by atoms with Crippen LogP contribution < -0.4 is 5.30 Å². The van der Waals surface area contributed by atoms with Gasteiger partial charge in [-0.25, -0.2) is 0 Å². The van der Waals surface area contributed by atoms with Crippen molar-refractivity contribution in [1.82, 2.24) is 0 Å². The molecule has 5 aliphatic rings. The van der Waals surface area contributed by atoms with Crippen molar-refractivity contribution in [3.8, 4) is 0 Å². The van der Waals surface area contributed by atoms with Crippen LogP contribution in [0.5, 0.6) is 0 Å². The molecule has 0 radical (unpaired) electrons. The summed E-state index contributed by atoms with van der Waals surface area (Å²) >= 11 is 0. The van der Waals surface area contributed by atoms with Crippen molar-refractivity contribution in [2.24, 2.45) is 0 Å². The summed E-state index contributed by atoms with van der Waals surface area (Å²) in [6.45, 7) is 2.35. The maximum absolute atomic E-state index is 14.1. The van der Waals surface area contributed by atoms with E-state index in [2.05, 4.69) is 0 Å². The molecule has 3 heterocycles. The highest BCUT2D eigenvalue weighted by atomic mass is 31.2. The van der Waals surface area contributed by atoms with Crippen molar-refractivity contribution in [1.29, 1.82) is 0 Å². The molecule has 0 N–H and O–H groups in total. The first-order valence-corrected chi connectivity index (χ1v) is 15.0. The quantitative estimate of drug-likeness (QED) is 0.543. The Morgan fingerprint density at radius 3 is 2.24 bits per heavy atom. The maximum Gasteiger partial charge on any atom is 0.232 e. The molecular weight excluding hydrogens is 455 g/mol. The summed E-state index contributed by atoms with van der Waals surface area (Å²) in [7, 11) is -3.13. The number of hydrogen-bond acceptors (Lipinski definition) is 7. The van der Waals surface area contributed by atoms with Gasteiger partial charge in [0.1, 0.15) is 24.4 Å². The normalized spacial score (nSPS) is 38.2. The van der Waals surface area contributed by atoms with Crippen LogP contribution in [0.25, 0.3) is 0 Å². The van der Waals surface area contributed by atoms with Crippen molar-refractivity contribution in [3.05, 3.63) is 30.3 Å². The summed E-state index contributed by atoms with van der Waals surface area (Å²) in [4.78, 5) is 0. The molecule has 2 aliphatic carbocycles. The first-order valence-electron chi connectivity index (χ1n) is 13.2. The Morgan fingerprint density at radius 2 is 1.56 bits per heavy atom. The van der Waals surface area contributed by atoms with Crippen LogP contribution >= 0.6 is 7.37 Å². The molecule has 34 heavy (non-hydrogen) atoms. The minimum Gasteiger partial charge on any atom is -0.347 e. The van der Waals surface area contributed by atoms with Gasteiger partial charge in [0.05, 0.1) is 6.61 Å². The van der Waals surface area contributed by atoms with E-state index in [4.69, 9.17) is 28.2 Å². The van der Waals surface area contributed by atoms with Gasteiger partial charge in [-0.15, -0.1) is 0 Å². The number of ether oxygens (including phenoxy) is 5. The number of benzene rings is 1. The summed E-state index contributed by atoms with van der Waals surface area (Å²) in [6, 6.07) is 9.49. The molecule has 3 aliphatic heterocycles. The lowest BCUT2D eigenvalue weighted by Crippen LogP contribution is -2.46. The molecule has 8 heteroatoms. The molecule has 0 bridgehead atoms. The van der Waals surface area contributed by atoms with Gasteiger partial charge < -0.3 is 28.2 Å². The highest BCUT2D eigenvalue weighted by Gasteiger charge is 2.62. The molecule has 2 spiro atoms. The van der Waals surface area contributed by atoms with Crippen LogP contribution in [0.3, 0.4) is 0 Å². The topological polar surface area (TPSA) is 72.5 Å². The number of hydrogen-bond donors (Lipinski definition) is 0. The zero-order chi connectivity index (χ0) is 23.2. The Labute approximate surface area is 202 Å². The maximum atomic E-state index is 14.1. The molecule has 5 fully saturated rings. The van der Waals surface area contributed by atoms with Crippen molar-refractivity contribution in [3.63, 3.8) is 0 Å². The molecule has 3 saturated heterocycles. The molecule has 1 aromatic carbocycles. The van der Waals surface area contributed by atoms with E-state index in [1.165, 1.54) is 12.8 Å². The molecule has 1 aromatic rings. The summed E-state index contributed by atoms with van der Waals surface area (Å²) in [5, 5.41) is 0.721. The molecule has 0 unspecified atom stereocenters. The molecule has 2 saturated carbocycles. The standard InChI is InChI=1S/C26H37O7P/c1-2-34(27,19-12-6-3-7-13-19)33-22-21(20-18-28-25(30-20)14-8-4-9-15-25)29-24-23(22)31-26(32-24)16-10-5-11-17-26/h3,6-7,12-13,20-24H,2,4-5,8-11,14-18H2,1H3/t20-,21+,22-,23+,24+,34-/m0/s1. The van der Waals surface area contributed by atoms with Gasteiger partial charge in [-0.2, -0.15) is 0 Å². The smallest absolute Gasteiger partial charge is 0.232 e. The third kappa shape index (κ3) is 4.21. The third-order valence-electron chi connectivity index (χ3n) is 8.22. The van der Waals surface area contributed by atoms with Gasteiger partial charge in [0, 0.05) is 37.1 Å². The highest BCUT2D eigenvalue weighted by Crippen LogP contribution is 2.54. The Morgan fingerprint density at radius 1 is 0.882 bits per heavy atom. The van der Waals surface area contributed by atoms with Crippen LogP contribution in [0.1, 0.15) is 71.1 Å². The van der Waals surface area contributed by atoms with Gasteiger partial charge in [0.2, 0.25) is 7.37 Å². The second-order valence-electron chi connectivity index (χ2n) is 10.5. The minimum absolute atomic E-state index is 0.302. The molecule has 6 atom stereocenters. The lowest BCUT2D eigenvalue weighted by atomic mass is 9.94. The molecule has 7 nitrogen and oxygen atoms in total. The fourth-order valence-corrected chi connectivity index (χ4v) is 8.26. The number of fused-ring (bicyclic) bond motifs is 1. The van der Waals surface area contributed by atoms with Gasteiger partial charge in [-0.05, 0) is 37.8 Å². The van der Waals surface area contributed by atoms with Crippen molar-refractivity contribution < 1.29 is 32.8 Å². The average molecular weight is 493 g/mol. The van der Waals surface area contributed by atoms with Crippen LogP contribution in [0.2, 0.25) is 0 Å². The minimum atomic E-state index is -3.13. The van der Waals surface area contributed by atoms with Crippen LogP contribution in [-0.2, 0) is 32.8 Å². The van der Waals surface area contributed by atoms with E-state index in [-0.39, 0.29) is 6.10 Å². The lowest BCUT2D eigenvalue weighted by Gasteiger charge is -2.36. The van der Waals surface area contributed by atoms with E-state index in [0.29, 0.717) is 12.8 Å². The van der Waals surface area contributed by atoms with Gasteiger partial charge in [-0.1, -0.05) is 38.0 Å². The second-order valence-corrected chi connectivity index (χ2v) is 13.2. The van der Waals surface area contributed by atoms with Crippen molar-refractivity contribution in [2.45, 2.75) is 113 Å². The Bertz CT molecular complexity index is 896. The SMILES string of the molecule is CC[P@](=O)(O[C@@H]1[C@H]2OC3(CCCCC3)O[C@H]2O[C@@H]1[C@@H]1COC2(CCCCC2)O1)c1ccccc1. The van der Waals surface area contributed by atoms with Crippen LogP contribution in [0.4, 0.5) is 0 Å². The Hall–Kier alpha value is -0.790. The lowest BCUT2D eigenvalue weighted by molar-refractivity contribution is -0.258. The second kappa shape index (κ2) is 9.26. The predicted octanol–water partition coefficient (Wildman–Crippen LogP) is 4.87. The molecular formula is C26H37O7P. The Kier molecular flexibility index (Phi) is 6.43. The van der Waals surface area contributed by atoms with Crippen LogP contribution in [0, 0.1) is 0 Å². The van der Waals surface area contributed by atoms with E-state index < -0.39 is 43.5 Å². The first-order chi connectivity index (χ1) is 16.5. The van der Waals surface area contributed by atoms with Gasteiger partial charge >= 0.3 is 0 Å². The average Bonchev–Trinajstić information content (AvgIpc) is 3.52. The molecule has 0 amide bonds. The van der Waals surface area contributed by atoms with Crippen LogP contribution in [0.15, 0.2) is 30.3 Å². The summed E-state index contributed by atoms with van der Waals surface area (Å²) in [6.07, 6.45) is 8.43. The number of rotatable bonds is 5. The van der Waals surface area contributed by atoms with Gasteiger partial charge in [0.15, 0.2) is 17.9 Å². The van der Waals surface area contributed by atoms with E-state index in [1.807, 2.05) is 37.3 Å². The Balaban J connectivity index is 1.27. The first kappa shape index (κ1) is 23.6. The van der Waals surface area contributed by atoms with E-state index in [9.17, 15) is 4.57 Å². The van der Waals surface area contributed by atoms with Gasteiger partial charge in [0.25, 0.3) is 0 Å².